The first-order valence-electron chi connectivity index (χ1n) is 5.93. The van der Waals surface area contributed by atoms with Crippen LogP contribution in [0, 0.1) is 6.92 Å². The van der Waals surface area contributed by atoms with Crippen molar-refractivity contribution in [1.82, 2.24) is 4.98 Å². The lowest BCUT2D eigenvalue weighted by Gasteiger charge is -2.08. The lowest BCUT2D eigenvalue weighted by molar-refractivity contribution is 1.24. The van der Waals surface area contributed by atoms with Gasteiger partial charge in [-0.25, -0.2) is 0 Å². The van der Waals surface area contributed by atoms with Crippen molar-refractivity contribution in [3.8, 4) is 11.1 Å². The van der Waals surface area contributed by atoms with Gasteiger partial charge in [-0.1, -0.05) is 36.4 Å². The van der Waals surface area contributed by atoms with E-state index in [-0.39, 0.29) is 5.56 Å². The van der Waals surface area contributed by atoms with E-state index >= 15 is 0 Å². The summed E-state index contributed by atoms with van der Waals surface area (Å²) in [6.45, 7) is 2.11. The fraction of sp³-hybridized carbons (Fsp3) is 0.0625. The molecule has 0 unspecified atom stereocenters. The minimum absolute atomic E-state index is 0.0739. The fourth-order valence-corrected chi connectivity index (χ4v) is 2.28. The van der Waals surface area contributed by atoms with Crippen molar-refractivity contribution in [3.63, 3.8) is 0 Å². The van der Waals surface area contributed by atoms with Crippen molar-refractivity contribution < 1.29 is 0 Å². The molecule has 0 aliphatic rings. The summed E-state index contributed by atoms with van der Waals surface area (Å²) in [5.41, 5.74) is 3.37. The highest BCUT2D eigenvalue weighted by atomic mass is 16.1. The number of aromatic nitrogens is 1. The number of nitrogens with one attached hydrogen (secondary N) is 1. The summed E-state index contributed by atoms with van der Waals surface area (Å²) >= 11 is 0. The van der Waals surface area contributed by atoms with E-state index in [0.29, 0.717) is 0 Å². The Kier molecular flexibility index (Phi) is 2.49. The largest absolute Gasteiger partial charge is 0.328 e. The Labute approximate surface area is 105 Å². The number of hydrogen-bond donors (Lipinski definition) is 1. The monoisotopic (exact) mass is 235 g/mol. The van der Waals surface area contributed by atoms with Crippen LogP contribution in [0.15, 0.2) is 59.5 Å². The highest BCUT2D eigenvalue weighted by Gasteiger charge is 2.05. The molecule has 1 aromatic heterocycles. The first-order valence-corrected chi connectivity index (χ1v) is 5.93. The van der Waals surface area contributed by atoms with Gasteiger partial charge in [0.05, 0.1) is 0 Å². The smallest absolute Gasteiger partial charge is 0.247 e. The van der Waals surface area contributed by atoms with Crippen molar-refractivity contribution >= 4 is 10.8 Å². The molecule has 0 fully saturated rings. The van der Waals surface area contributed by atoms with Crippen LogP contribution in [-0.2, 0) is 0 Å². The third-order valence-electron chi connectivity index (χ3n) is 3.24. The molecule has 0 aliphatic heterocycles. The SMILES string of the molecule is Cc1ccc(-c2ccc(=O)[nH]c2)c2ccccc12. The molecule has 18 heavy (non-hydrogen) atoms. The van der Waals surface area contributed by atoms with E-state index in [0.717, 1.165) is 11.1 Å². The zero-order valence-corrected chi connectivity index (χ0v) is 10.1. The van der Waals surface area contributed by atoms with Crippen LogP contribution < -0.4 is 5.56 Å². The summed E-state index contributed by atoms with van der Waals surface area (Å²) < 4.78 is 0. The summed E-state index contributed by atoms with van der Waals surface area (Å²) in [5.74, 6) is 0. The van der Waals surface area contributed by atoms with Gasteiger partial charge in [0.2, 0.25) is 5.56 Å². The summed E-state index contributed by atoms with van der Waals surface area (Å²) in [7, 11) is 0. The summed E-state index contributed by atoms with van der Waals surface area (Å²) in [4.78, 5) is 13.8. The lowest BCUT2D eigenvalue weighted by Crippen LogP contribution is -2.01. The fourth-order valence-electron chi connectivity index (χ4n) is 2.28. The molecule has 2 aromatic carbocycles. The summed E-state index contributed by atoms with van der Waals surface area (Å²) in [6.07, 6.45) is 1.76. The van der Waals surface area contributed by atoms with Gasteiger partial charge < -0.3 is 4.98 Å². The molecule has 2 nitrogen and oxygen atoms in total. The second-order valence-corrected chi connectivity index (χ2v) is 4.42. The maximum absolute atomic E-state index is 11.1. The van der Waals surface area contributed by atoms with Crippen molar-refractivity contribution in [2.45, 2.75) is 6.92 Å². The topological polar surface area (TPSA) is 32.9 Å². The number of pyridine rings is 1. The van der Waals surface area contributed by atoms with E-state index < -0.39 is 0 Å². The molecule has 1 N–H and O–H groups in total. The van der Waals surface area contributed by atoms with Gasteiger partial charge in [-0.05, 0) is 40.5 Å². The van der Waals surface area contributed by atoms with Crippen LogP contribution in [0.1, 0.15) is 5.56 Å². The second kappa shape index (κ2) is 4.15. The molecule has 0 saturated carbocycles. The average molecular weight is 235 g/mol. The first kappa shape index (κ1) is 10.8. The van der Waals surface area contributed by atoms with Crippen molar-refractivity contribution in [2.75, 3.05) is 0 Å². The summed E-state index contributed by atoms with van der Waals surface area (Å²) in [6, 6.07) is 16.0. The molecular weight excluding hydrogens is 222 g/mol. The third kappa shape index (κ3) is 1.72. The highest BCUT2D eigenvalue weighted by Crippen LogP contribution is 2.29. The number of hydrogen-bond acceptors (Lipinski definition) is 1. The Bertz CT molecular complexity index is 751. The van der Waals surface area contributed by atoms with Gasteiger partial charge in [-0.2, -0.15) is 0 Å². The van der Waals surface area contributed by atoms with Gasteiger partial charge in [-0.3, -0.25) is 4.79 Å². The van der Waals surface area contributed by atoms with Gasteiger partial charge in [0.25, 0.3) is 0 Å². The van der Waals surface area contributed by atoms with Gasteiger partial charge in [-0.15, -0.1) is 0 Å². The second-order valence-electron chi connectivity index (χ2n) is 4.42. The van der Waals surface area contributed by atoms with Crippen molar-refractivity contribution in [3.05, 3.63) is 70.6 Å². The van der Waals surface area contributed by atoms with E-state index in [1.807, 2.05) is 18.2 Å². The molecule has 0 atom stereocenters. The Morgan fingerprint density at radius 3 is 2.39 bits per heavy atom. The van der Waals surface area contributed by atoms with Gasteiger partial charge in [0.1, 0.15) is 0 Å². The minimum atomic E-state index is -0.0739. The highest BCUT2D eigenvalue weighted by molar-refractivity contribution is 5.98. The van der Waals surface area contributed by atoms with E-state index in [9.17, 15) is 4.79 Å². The molecule has 88 valence electrons. The maximum Gasteiger partial charge on any atom is 0.247 e. The van der Waals surface area contributed by atoms with Crippen LogP contribution in [-0.4, -0.2) is 4.98 Å². The number of benzene rings is 2. The molecule has 1 heterocycles. The quantitative estimate of drug-likeness (QED) is 0.688. The van der Waals surface area contributed by atoms with Gasteiger partial charge in [0, 0.05) is 12.3 Å². The van der Waals surface area contributed by atoms with Crippen LogP contribution in [0.4, 0.5) is 0 Å². The molecule has 0 amide bonds. The number of H-pyrrole nitrogens is 1. The minimum Gasteiger partial charge on any atom is -0.328 e. The predicted molar refractivity (Wildman–Crippen MR) is 74.7 cm³/mol. The maximum atomic E-state index is 11.1. The first-order chi connectivity index (χ1) is 8.75. The van der Waals surface area contributed by atoms with Crippen LogP contribution in [0.3, 0.4) is 0 Å². The summed E-state index contributed by atoms with van der Waals surface area (Å²) in [5, 5.41) is 2.46. The van der Waals surface area contributed by atoms with E-state index in [1.165, 1.54) is 16.3 Å². The van der Waals surface area contributed by atoms with Crippen molar-refractivity contribution in [1.29, 1.82) is 0 Å². The molecule has 3 rings (SSSR count). The van der Waals surface area contributed by atoms with Crippen LogP contribution in [0.5, 0.6) is 0 Å². The van der Waals surface area contributed by atoms with Gasteiger partial charge >= 0.3 is 0 Å². The van der Waals surface area contributed by atoms with Crippen LogP contribution in [0.2, 0.25) is 0 Å². The third-order valence-corrected chi connectivity index (χ3v) is 3.24. The van der Waals surface area contributed by atoms with E-state index in [2.05, 4.69) is 36.2 Å². The zero-order valence-electron chi connectivity index (χ0n) is 10.1. The normalized spacial score (nSPS) is 10.7. The zero-order chi connectivity index (χ0) is 12.5. The molecule has 0 radical (unpaired) electrons. The molecular formula is C16H13NO. The standard InChI is InChI=1S/C16H13NO/c1-11-6-8-14(12-7-9-16(18)17-10-12)15-5-3-2-4-13(11)15/h2-10H,1H3,(H,17,18). The van der Waals surface area contributed by atoms with E-state index in [1.54, 1.807) is 12.3 Å². The van der Waals surface area contributed by atoms with Crippen LogP contribution in [0.25, 0.3) is 21.9 Å². The Morgan fingerprint density at radius 2 is 1.67 bits per heavy atom. The average Bonchev–Trinajstić information content (AvgIpc) is 2.41. The molecule has 0 aliphatic carbocycles. The Morgan fingerprint density at radius 1 is 0.889 bits per heavy atom. The Balaban J connectivity index is 2.33. The molecule has 3 aromatic rings. The van der Waals surface area contributed by atoms with Crippen LogP contribution >= 0.6 is 0 Å². The number of aromatic amines is 1. The predicted octanol–water partition coefficient (Wildman–Crippen LogP) is 3.50. The number of rotatable bonds is 1. The van der Waals surface area contributed by atoms with Crippen molar-refractivity contribution in [2.24, 2.45) is 0 Å². The molecule has 0 spiro atoms. The van der Waals surface area contributed by atoms with Gasteiger partial charge in [0.15, 0.2) is 0 Å². The molecule has 0 bridgehead atoms. The number of fused-ring (bicyclic) bond motifs is 1. The number of aryl methyl sites for hydroxylation is 1. The Hall–Kier alpha value is -2.35. The lowest BCUT2D eigenvalue weighted by atomic mass is 9.96. The molecule has 0 saturated heterocycles. The molecule has 2 heteroatoms. The van der Waals surface area contributed by atoms with E-state index in [4.69, 9.17) is 0 Å².